The number of benzene rings is 1. The van der Waals surface area contributed by atoms with Crippen molar-refractivity contribution < 1.29 is 4.79 Å². The molecule has 0 unspecified atom stereocenters. The van der Waals surface area contributed by atoms with Gasteiger partial charge in [-0.25, -0.2) is 0 Å². The molecule has 0 atom stereocenters. The number of amides is 1. The van der Waals surface area contributed by atoms with E-state index in [1.165, 1.54) is 0 Å². The second-order valence-corrected chi connectivity index (χ2v) is 3.56. The molecule has 8 nitrogen and oxygen atoms in total. The fourth-order valence-electron chi connectivity index (χ4n) is 1.55. The molecular formula is C11H11N7O. The highest BCUT2D eigenvalue weighted by molar-refractivity contribution is 6.02. The molecule has 96 valence electrons. The molecular weight excluding hydrogens is 246 g/mol. The van der Waals surface area contributed by atoms with Gasteiger partial charge in [0.05, 0.1) is 16.9 Å². The maximum Gasteiger partial charge on any atom is 0.297 e. The van der Waals surface area contributed by atoms with Crippen molar-refractivity contribution >= 4 is 17.3 Å². The summed E-state index contributed by atoms with van der Waals surface area (Å²) in [5.74, 6) is -0.614. The van der Waals surface area contributed by atoms with E-state index in [1.54, 1.807) is 18.2 Å². The zero-order valence-electron chi connectivity index (χ0n) is 10.1. The first-order chi connectivity index (χ1) is 9.26. The predicted molar refractivity (Wildman–Crippen MR) is 67.5 cm³/mol. The Morgan fingerprint density at radius 2 is 2.26 bits per heavy atom. The van der Waals surface area contributed by atoms with Gasteiger partial charge in [0.2, 0.25) is 0 Å². The van der Waals surface area contributed by atoms with Crippen molar-refractivity contribution in [1.29, 1.82) is 5.26 Å². The lowest BCUT2D eigenvalue weighted by Crippen LogP contribution is -2.15. The lowest BCUT2D eigenvalue weighted by atomic mass is 10.1. The number of H-pyrrole nitrogens is 1. The van der Waals surface area contributed by atoms with E-state index < -0.39 is 5.91 Å². The largest absolute Gasteiger partial charge is 0.384 e. The summed E-state index contributed by atoms with van der Waals surface area (Å²) in [5.41, 5.74) is 1.42. The van der Waals surface area contributed by atoms with Crippen molar-refractivity contribution in [3.05, 3.63) is 29.6 Å². The molecule has 2 rings (SSSR count). The van der Waals surface area contributed by atoms with Gasteiger partial charge in [0.15, 0.2) is 0 Å². The van der Waals surface area contributed by atoms with Gasteiger partial charge >= 0.3 is 0 Å². The van der Waals surface area contributed by atoms with Crippen LogP contribution in [0.2, 0.25) is 0 Å². The zero-order chi connectivity index (χ0) is 13.7. The molecule has 8 heteroatoms. The van der Waals surface area contributed by atoms with Gasteiger partial charge in [-0.05, 0) is 24.3 Å². The van der Waals surface area contributed by atoms with Crippen LogP contribution in [0.4, 0.5) is 11.4 Å². The third kappa shape index (κ3) is 2.66. The first kappa shape index (κ1) is 12.5. The van der Waals surface area contributed by atoms with E-state index >= 15 is 0 Å². The third-order valence-corrected chi connectivity index (χ3v) is 2.34. The molecule has 3 N–H and O–H groups in total. The minimum atomic E-state index is -0.529. The van der Waals surface area contributed by atoms with E-state index in [4.69, 9.17) is 0 Å². The number of carbonyl (C=O) groups excluding carboxylic acids is 1. The van der Waals surface area contributed by atoms with Crippen LogP contribution in [0, 0.1) is 11.3 Å². The smallest absolute Gasteiger partial charge is 0.297 e. The second-order valence-electron chi connectivity index (χ2n) is 3.56. The van der Waals surface area contributed by atoms with E-state index in [-0.39, 0.29) is 5.82 Å². The van der Waals surface area contributed by atoms with Crippen LogP contribution in [-0.2, 0) is 0 Å². The van der Waals surface area contributed by atoms with Crippen LogP contribution in [0.25, 0.3) is 0 Å². The number of hydrogen-bond acceptors (Lipinski definition) is 6. The summed E-state index contributed by atoms with van der Waals surface area (Å²) in [4.78, 5) is 11.8. The van der Waals surface area contributed by atoms with Gasteiger partial charge in [-0.2, -0.15) is 10.5 Å². The number of hydrogen-bond donors (Lipinski definition) is 3. The summed E-state index contributed by atoms with van der Waals surface area (Å²) < 4.78 is 0. The number of rotatable bonds is 4. The summed E-state index contributed by atoms with van der Waals surface area (Å²) in [6.07, 6.45) is 0. The molecule has 0 saturated carbocycles. The Hall–Kier alpha value is -2.95. The lowest BCUT2D eigenvalue weighted by Gasteiger charge is -2.10. The summed E-state index contributed by atoms with van der Waals surface area (Å²) in [6, 6.07) is 7.21. The molecule has 0 aliphatic rings. The molecule has 19 heavy (non-hydrogen) atoms. The van der Waals surface area contributed by atoms with Crippen molar-refractivity contribution in [2.75, 3.05) is 17.2 Å². The van der Waals surface area contributed by atoms with Gasteiger partial charge in [-0.15, -0.1) is 10.2 Å². The zero-order valence-corrected chi connectivity index (χ0v) is 10.1. The highest BCUT2D eigenvalue weighted by Gasteiger charge is 2.14. The molecule has 0 spiro atoms. The van der Waals surface area contributed by atoms with E-state index in [9.17, 15) is 10.1 Å². The molecule has 1 amide bonds. The Morgan fingerprint density at radius 3 is 2.89 bits per heavy atom. The number of tetrazole rings is 1. The monoisotopic (exact) mass is 257 g/mol. The number of aromatic nitrogens is 4. The lowest BCUT2D eigenvalue weighted by molar-refractivity contribution is 0.101. The van der Waals surface area contributed by atoms with Gasteiger partial charge in [0.1, 0.15) is 6.07 Å². The quantitative estimate of drug-likeness (QED) is 0.743. The van der Waals surface area contributed by atoms with Gasteiger partial charge in [0.25, 0.3) is 11.7 Å². The third-order valence-electron chi connectivity index (χ3n) is 2.34. The van der Waals surface area contributed by atoms with Crippen LogP contribution in [0.5, 0.6) is 0 Å². The van der Waals surface area contributed by atoms with E-state index in [0.29, 0.717) is 23.5 Å². The minimum absolute atomic E-state index is 0.0854. The molecule has 0 aliphatic heterocycles. The molecule has 0 radical (unpaired) electrons. The molecule has 0 aliphatic carbocycles. The minimum Gasteiger partial charge on any atom is -0.384 e. The number of nitrogens with zero attached hydrogens (tertiary/aromatic N) is 4. The van der Waals surface area contributed by atoms with Crippen molar-refractivity contribution in [3.8, 4) is 6.07 Å². The van der Waals surface area contributed by atoms with Crippen LogP contribution in [0.3, 0.4) is 0 Å². The van der Waals surface area contributed by atoms with Crippen molar-refractivity contribution in [2.45, 2.75) is 6.92 Å². The van der Waals surface area contributed by atoms with Crippen LogP contribution in [0.15, 0.2) is 18.2 Å². The average molecular weight is 257 g/mol. The van der Waals surface area contributed by atoms with Crippen LogP contribution in [-0.4, -0.2) is 33.1 Å². The molecule has 1 aromatic carbocycles. The Bertz CT molecular complexity index is 614. The van der Waals surface area contributed by atoms with Crippen LogP contribution < -0.4 is 10.6 Å². The standard InChI is InChI=1S/C11H11N7O/c1-2-13-8-4-3-5-9(7(8)6-12)14-11(19)10-15-17-18-16-10/h3-5,13H,2H2,1H3,(H,14,19)(H,15,16,17,18). The molecule has 0 saturated heterocycles. The van der Waals surface area contributed by atoms with Crippen molar-refractivity contribution in [1.82, 2.24) is 20.6 Å². The molecule has 1 heterocycles. The van der Waals surface area contributed by atoms with E-state index in [1.807, 2.05) is 6.92 Å². The number of nitriles is 1. The highest BCUT2D eigenvalue weighted by atomic mass is 16.2. The Labute approximate surface area is 108 Å². The number of aromatic amines is 1. The van der Waals surface area contributed by atoms with E-state index in [2.05, 4.69) is 37.3 Å². The van der Waals surface area contributed by atoms with Crippen molar-refractivity contribution in [2.24, 2.45) is 0 Å². The second kappa shape index (κ2) is 5.59. The SMILES string of the molecule is CCNc1cccc(NC(=O)c2nn[nH]n2)c1C#N. The molecule has 1 aromatic heterocycles. The summed E-state index contributed by atoms with van der Waals surface area (Å²) in [5, 5.41) is 27.4. The van der Waals surface area contributed by atoms with Gasteiger partial charge in [-0.3, -0.25) is 4.79 Å². The number of nitrogens with one attached hydrogen (secondary N) is 3. The van der Waals surface area contributed by atoms with Gasteiger partial charge in [-0.1, -0.05) is 6.07 Å². The molecule has 0 bridgehead atoms. The fraction of sp³-hybridized carbons (Fsp3) is 0.182. The van der Waals surface area contributed by atoms with E-state index in [0.717, 1.165) is 0 Å². The van der Waals surface area contributed by atoms with Crippen LogP contribution in [0.1, 0.15) is 23.1 Å². The van der Waals surface area contributed by atoms with Crippen molar-refractivity contribution in [3.63, 3.8) is 0 Å². The number of carbonyl (C=O) groups is 1. The maximum atomic E-state index is 11.8. The predicted octanol–water partition coefficient (Wildman–Crippen LogP) is 0.755. The molecule has 0 fully saturated rings. The fourth-order valence-corrected chi connectivity index (χ4v) is 1.55. The maximum absolute atomic E-state index is 11.8. The average Bonchev–Trinajstić information content (AvgIpc) is 2.93. The number of anilines is 2. The summed E-state index contributed by atoms with van der Waals surface area (Å²) >= 11 is 0. The normalized spacial score (nSPS) is 9.68. The topological polar surface area (TPSA) is 119 Å². The summed E-state index contributed by atoms with van der Waals surface area (Å²) in [7, 11) is 0. The Balaban J connectivity index is 2.28. The Kier molecular flexibility index (Phi) is 3.68. The first-order valence-corrected chi connectivity index (χ1v) is 5.58. The van der Waals surface area contributed by atoms with Crippen LogP contribution >= 0.6 is 0 Å². The summed E-state index contributed by atoms with van der Waals surface area (Å²) in [6.45, 7) is 2.60. The Morgan fingerprint density at radius 1 is 1.47 bits per heavy atom. The first-order valence-electron chi connectivity index (χ1n) is 5.58. The molecule has 2 aromatic rings. The highest BCUT2D eigenvalue weighted by Crippen LogP contribution is 2.23. The van der Waals surface area contributed by atoms with Gasteiger partial charge in [0, 0.05) is 6.54 Å². The van der Waals surface area contributed by atoms with Gasteiger partial charge < -0.3 is 10.6 Å².